The van der Waals surface area contributed by atoms with Crippen LogP contribution in [0.25, 0.3) is 5.70 Å². The Kier molecular flexibility index (Phi) is 9.60. The molecule has 36 heavy (non-hydrogen) atoms. The molecule has 2 nitrogen and oxygen atoms in total. The number of unbranched alkanes of at least 4 members (excludes halogenated alkanes) is 3. The summed E-state index contributed by atoms with van der Waals surface area (Å²) in [6, 6.07) is 8.78. The molecule has 3 aliphatic carbocycles. The zero-order chi connectivity index (χ0) is 25.4. The lowest BCUT2D eigenvalue weighted by molar-refractivity contribution is -0.120. The Hall–Kier alpha value is -2.18. The molecule has 0 radical (unpaired) electrons. The van der Waals surface area contributed by atoms with Crippen LogP contribution < -0.4 is 0 Å². The van der Waals surface area contributed by atoms with E-state index in [1.165, 1.54) is 90.6 Å². The summed E-state index contributed by atoms with van der Waals surface area (Å²) >= 11 is 0. The Morgan fingerprint density at radius 1 is 0.861 bits per heavy atom. The second kappa shape index (κ2) is 12.9. The van der Waals surface area contributed by atoms with Crippen molar-refractivity contribution in [3.8, 4) is 0 Å². The van der Waals surface area contributed by atoms with Crippen LogP contribution in [0.4, 0.5) is 0 Å². The van der Waals surface area contributed by atoms with Crippen LogP contribution in [0.15, 0.2) is 82.2 Å². The summed E-state index contributed by atoms with van der Waals surface area (Å²) in [5.74, 6) is 0.133. The normalized spacial score (nSPS) is 20.3. The SMILES string of the molecule is CCCCP(CCCC)(CCCC)=NC1=C(C2/C=C\C3=CC=CC=C(CC2=O)C3)Cc2ccccc21. The van der Waals surface area contributed by atoms with Gasteiger partial charge in [0.2, 0.25) is 0 Å². The van der Waals surface area contributed by atoms with Gasteiger partial charge < -0.3 is 0 Å². The molecule has 0 saturated heterocycles. The molecule has 1 aromatic rings. The second-order valence-corrected chi connectivity index (χ2v) is 14.5. The average molecular weight is 502 g/mol. The summed E-state index contributed by atoms with van der Waals surface area (Å²) in [7, 11) is -1.51. The van der Waals surface area contributed by atoms with Gasteiger partial charge in [0.25, 0.3) is 0 Å². The summed E-state index contributed by atoms with van der Waals surface area (Å²) in [5, 5.41) is 0. The van der Waals surface area contributed by atoms with Crippen molar-refractivity contribution in [2.45, 2.75) is 78.6 Å². The first kappa shape index (κ1) is 26.9. The molecule has 0 heterocycles. The van der Waals surface area contributed by atoms with Crippen molar-refractivity contribution in [3.63, 3.8) is 0 Å². The van der Waals surface area contributed by atoms with Gasteiger partial charge >= 0.3 is 0 Å². The molecule has 192 valence electrons. The third-order valence-electron chi connectivity index (χ3n) is 7.86. The molecule has 0 aliphatic heterocycles. The molecule has 3 aliphatic rings. The van der Waals surface area contributed by atoms with Gasteiger partial charge in [-0.1, -0.05) is 106 Å². The third kappa shape index (κ3) is 6.38. The number of nitrogens with zero attached hydrogens (tertiary/aromatic N) is 1. The van der Waals surface area contributed by atoms with Crippen molar-refractivity contribution in [1.82, 2.24) is 0 Å². The first-order valence-corrected chi connectivity index (χ1v) is 16.6. The Bertz CT molecular complexity index is 1130. The molecule has 1 unspecified atom stereocenters. The number of hydrogen-bond acceptors (Lipinski definition) is 2. The first-order chi connectivity index (χ1) is 17.6. The van der Waals surface area contributed by atoms with Crippen molar-refractivity contribution in [1.29, 1.82) is 0 Å². The number of fused-ring (bicyclic) bond motifs is 3. The highest BCUT2D eigenvalue weighted by molar-refractivity contribution is 7.66. The highest BCUT2D eigenvalue weighted by atomic mass is 31.2. The molecule has 0 spiro atoms. The molecular formula is C33H44NOP. The fourth-order valence-electron chi connectivity index (χ4n) is 5.76. The molecule has 0 N–H and O–H groups in total. The van der Waals surface area contributed by atoms with Crippen LogP contribution in [0.3, 0.4) is 0 Å². The lowest BCUT2D eigenvalue weighted by Crippen LogP contribution is -2.18. The second-order valence-electron chi connectivity index (χ2n) is 10.7. The van der Waals surface area contributed by atoms with Crippen LogP contribution >= 0.6 is 7.05 Å². The van der Waals surface area contributed by atoms with E-state index in [0.29, 0.717) is 12.2 Å². The molecule has 3 heteroatoms. The summed E-state index contributed by atoms with van der Waals surface area (Å²) < 4.78 is 5.86. The van der Waals surface area contributed by atoms with Crippen LogP contribution in [0.1, 0.15) is 83.3 Å². The zero-order valence-corrected chi connectivity index (χ0v) is 23.5. The predicted octanol–water partition coefficient (Wildman–Crippen LogP) is 9.51. The van der Waals surface area contributed by atoms with Gasteiger partial charge in [-0.05, 0) is 74.4 Å². The van der Waals surface area contributed by atoms with E-state index in [1.54, 1.807) is 0 Å². The van der Waals surface area contributed by atoms with Gasteiger partial charge in [0.15, 0.2) is 0 Å². The van der Waals surface area contributed by atoms with Crippen molar-refractivity contribution >= 4 is 18.5 Å². The lowest BCUT2D eigenvalue weighted by atomic mass is 9.84. The maximum Gasteiger partial charge on any atom is 0.147 e. The van der Waals surface area contributed by atoms with Gasteiger partial charge in [0.1, 0.15) is 5.78 Å². The van der Waals surface area contributed by atoms with Crippen LogP contribution in [0, 0.1) is 5.92 Å². The first-order valence-electron chi connectivity index (χ1n) is 14.3. The number of benzene rings is 1. The van der Waals surface area contributed by atoms with E-state index in [4.69, 9.17) is 4.74 Å². The number of carbonyl (C=O) groups is 1. The van der Waals surface area contributed by atoms with E-state index in [2.05, 4.69) is 81.5 Å². The zero-order valence-electron chi connectivity index (χ0n) is 22.6. The van der Waals surface area contributed by atoms with Gasteiger partial charge in [-0.2, -0.15) is 0 Å². The van der Waals surface area contributed by atoms with Crippen LogP contribution in [0.2, 0.25) is 0 Å². The average Bonchev–Trinajstić information content (AvgIpc) is 3.06. The molecule has 0 saturated carbocycles. The third-order valence-corrected chi connectivity index (χ3v) is 11.9. The van der Waals surface area contributed by atoms with E-state index in [0.717, 1.165) is 12.8 Å². The van der Waals surface area contributed by atoms with Crippen molar-refractivity contribution < 1.29 is 4.79 Å². The fraction of sp³-hybridized carbons (Fsp3) is 0.485. The maximum absolute atomic E-state index is 13.7. The van der Waals surface area contributed by atoms with E-state index in [1.807, 2.05) is 0 Å². The number of carbonyl (C=O) groups excluding carboxylic acids is 1. The monoisotopic (exact) mass is 501 g/mol. The molecule has 4 rings (SSSR count). The Morgan fingerprint density at radius 2 is 1.53 bits per heavy atom. The Labute approximate surface area is 219 Å². The fourth-order valence-corrected chi connectivity index (χ4v) is 10.1. The lowest BCUT2D eigenvalue weighted by Gasteiger charge is -2.27. The van der Waals surface area contributed by atoms with E-state index in [9.17, 15) is 4.79 Å². The number of Topliss-reactive ketones (excluding diaryl/α,β-unsaturated/α-hetero) is 1. The number of hydrogen-bond donors (Lipinski definition) is 0. The standard InChI is InChI=1S/C33H44NOP/c1-4-7-20-36(21-8-5-2,22-9-6-3)34-33-29-17-13-12-16-28(29)25-31(33)30-19-18-26-14-10-11-15-27(23-26)24-32(30)35/h10-19,30H,4-9,20-25H2,1-3H3/b19-18-. The maximum atomic E-state index is 13.7. The minimum Gasteiger partial charge on any atom is -0.298 e. The molecule has 0 fully saturated rings. The molecule has 1 aromatic carbocycles. The number of allylic oxidation sites excluding steroid dienone is 9. The summed E-state index contributed by atoms with van der Waals surface area (Å²) in [6.07, 6.45) is 26.3. The topological polar surface area (TPSA) is 29.4 Å². The van der Waals surface area contributed by atoms with Gasteiger partial charge in [0.05, 0.1) is 11.6 Å². The molecule has 2 bridgehead atoms. The quantitative estimate of drug-likeness (QED) is 0.278. The van der Waals surface area contributed by atoms with Crippen LogP contribution in [-0.2, 0) is 11.2 Å². The summed E-state index contributed by atoms with van der Waals surface area (Å²) in [4.78, 5) is 13.7. The van der Waals surface area contributed by atoms with Crippen LogP contribution in [0.5, 0.6) is 0 Å². The van der Waals surface area contributed by atoms with E-state index in [-0.39, 0.29) is 5.92 Å². The Balaban J connectivity index is 1.86. The molecular weight excluding hydrogens is 457 g/mol. The van der Waals surface area contributed by atoms with Crippen molar-refractivity contribution in [2.75, 3.05) is 18.5 Å². The van der Waals surface area contributed by atoms with Crippen molar-refractivity contribution in [3.05, 3.63) is 88.6 Å². The van der Waals surface area contributed by atoms with E-state index >= 15 is 0 Å². The molecule has 0 amide bonds. The number of rotatable bonds is 11. The van der Waals surface area contributed by atoms with E-state index < -0.39 is 7.05 Å². The smallest absolute Gasteiger partial charge is 0.147 e. The molecule has 1 atom stereocenters. The predicted molar refractivity (Wildman–Crippen MR) is 158 cm³/mol. The highest BCUT2D eigenvalue weighted by Gasteiger charge is 2.32. The van der Waals surface area contributed by atoms with Gasteiger partial charge in [-0.15, -0.1) is 0 Å². The van der Waals surface area contributed by atoms with Gasteiger partial charge in [-0.3, -0.25) is 9.54 Å². The summed E-state index contributed by atoms with van der Waals surface area (Å²) in [5.41, 5.74) is 7.56. The van der Waals surface area contributed by atoms with Gasteiger partial charge in [-0.25, -0.2) is 0 Å². The highest BCUT2D eigenvalue weighted by Crippen LogP contribution is 2.56. The van der Waals surface area contributed by atoms with Crippen LogP contribution in [-0.4, -0.2) is 24.3 Å². The largest absolute Gasteiger partial charge is 0.298 e. The minimum absolute atomic E-state index is 0.188. The Morgan fingerprint density at radius 3 is 2.22 bits per heavy atom. The van der Waals surface area contributed by atoms with Crippen molar-refractivity contribution in [2.24, 2.45) is 10.7 Å². The molecule has 0 aromatic heterocycles. The minimum atomic E-state index is -1.51. The van der Waals surface area contributed by atoms with Gasteiger partial charge in [0, 0.05) is 12.0 Å². The number of ketones is 1. The summed E-state index contributed by atoms with van der Waals surface area (Å²) in [6.45, 7) is 6.92.